The molecular weight excluding hydrogens is 336 g/mol. The van der Waals surface area contributed by atoms with Crippen molar-refractivity contribution < 1.29 is 0 Å². The van der Waals surface area contributed by atoms with Crippen molar-refractivity contribution in [3.63, 3.8) is 0 Å². The van der Waals surface area contributed by atoms with E-state index in [-0.39, 0.29) is 0 Å². The molecule has 0 unspecified atom stereocenters. The van der Waals surface area contributed by atoms with Crippen LogP contribution in [0.4, 0.5) is 11.6 Å². The van der Waals surface area contributed by atoms with Crippen LogP contribution < -0.4 is 16.4 Å². The van der Waals surface area contributed by atoms with Gasteiger partial charge in [-0.25, -0.2) is 4.98 Å². The van der Waals surface area contributed by atoms with Crippen molar-refractivity contribution in [2.24, 2.45) is 5.73 Å². The van der Waals surface area contributed by atoms with E-state index in [1.807, 2.05) is 22.8 Å². The van der Waals surface area contributed by atoms with Crippen LogP contribution in [0.2, 0.25) is 0 Å². The Hall–Kier alpha value is -2.60. The van der Waals surface area contributed by atoms with Gasteiger partial charge in [0.25, 0.3) is 0 Å². The van der Waals surface area contributed by atoms with E-state index in [1.165, 1.54) is 5.56 Å². The maximum atomic E-state index is 5.57. The Morgan fingerprint density at radius 1 is 1.07 bits per heavy atom. The van der Waals surface area contributed by atoms with Crippen LogP contribution in [0.3, 0.4) is 0 Å². The lowest BCUT2D eigenvalue weighted by atomic mass is 10.1. The minimum Gasteiger partial charge on any atom is -0.370 e. The van der Waals surface area contributed by atoms with Crippen LogP contribution in [0, 0.1) is 0 Å². The molecule has 0 fully saturated rings. The first kappa shape index (κ1) is 19.2. The fourth-order valence-corrected chi connectivity index (χ4v) is 3.05. The zero-order valence-corrected chi connectivity index (χ0v) is 16.3. The zero-order valence-electron chi connectivity index (χ0n) is 16.3. The van der Waals surface area contributed by atoms with E-state index in [0.29, 0.717) is 5.92 Å². The summed E-state index contributed by atoms with van der Waals surface area (Å²) in [7, 11) is 0. The number of anilines is 2. The number of hydrogen-bond donors (Lipinski definition) is 3. The van der Waals surface area contributed by atoms with Crippen LogP contribution in [0.25, 0.3) is 5.65 Å². The summed E-state index contributed by atoms with van der Waals surface area (Å²) in [4.78, 5) is 4.81. The van der Waals surface area contributed by atoms with Gasteiger partial charge in [-0.15, -0.1) is 0 Å². The first-order chi connectivity index (χ1) is 13.2. The SMILES string of the molecule is CC(C)c1cnn2c(NCc3ccccc3)cc(NCCCCCN)nc12. The summed E-state index contributed by atoms with van der Waals surface area (Å²) in [6, 6.07) is 12.4. The lowest BCUT2D eigenvalue weighted by molar-refractivity contribution is 0.706. The summed E-state index contributed by atoms with van der Waals surface area (Å²) in [6.45, 7) is 6.73. The van der Waals surface area contributed by atoms with Crippen molar-refractivity contribution in [3.05, 3.63) is 53.7 Å². The van der Waals surface area contributed by atoms with E-state index in [4.69, 9.17) is 10.7 Å². The molecule has 6 heteroatoms. The van der Waals surface area contributed by atoms with Gasteiger partial charge in [-0.2, -0.15) is 9.61 Å². The van der Waals surface area contributed by atoms with Crippen molar-refractivity contribution in [1.82, 2.24) is 14.6 Å². The minimum absolute atomic E-state index is 0.372. The van der Waals surface area contributed by atoms with Gasteiger partial charge in [0.1, 0.15) is 11.6 Å². The van der Waals surface area contributed by atoms with Gasteiger partial charge in [0.15, 0.2) is 5.65 Å². The summed E-state index contributed by atoms with van der Waals surface area (Å²) >= 11 is 0. The van der Waals surface area contributed by atoms with Gasteiger partial charge in [0, 0.05) is 24.7 Å². The Kier molecular flexibility index (Phi) is 6.65. The molecule has 0 aliphatic carbocycles. The van der Waals surface area contributed by atoms with Gasteiger partial charge < -0.3 is 16.4 Å². The van der Waals surface area contributed by atoms with Crippen LogP contribution in [0.1, 0.15) is 50.2 Å². The summed E-state index contributed by atoms with van der Waals surface area (Å²) in [5, 5.41) is 11.5. The maximum Gasteiger partial charge on any atom is 0.163 e. The number of nitrogens with zero attached hydrogens (tertiary/aromatic N) is 3. The average Bonchev–Trinajstić information content (AvgIpc) is 3.11. The molecule has 0 aliphatic rings. The monoisotopic (exact) mass is 366 g/mol. The largest absolute Gasteiger partial charge is 0.370 e. The Labute approximate surface area is 161 Å². The number of unbranched alkanes of at least 4 members (excludes halogenated alkanes) is 2. The third kappa shape index (κ3) is 4.98. The molecule has 0 amide bonds. The Bertz CT molecular complexity index is 841. The molecule has 4 N–H and O–H groups in total. The molecule has 2 heterocycles. The molecule has 0 saturated heterocycles. The van der Waals surface area contributed by atoms with Gasteiger partial charge in [0.2, 0.25) is 0 Å². The van der Waals surface area contributed by atoms with Gasteiger partial charge >= 0.3 is 0 Å². The van der Waals surface area contributed by atoms with Crippen molar-refractivity contribution >= 4 is 17.3 Å². The summed E-state index contributed by atoms with van der Waals surface area (Å²) in [6.07, 6.45) is 5.21. The quantitative estimate of drug-likeness (QED) is 0.473. The Morgan fingerprint density at radius 2 is 1.89 bits per heavy atom. The molecule has 0 atom stereocenters. The molecule has 0 spiro atoms. The second kappa shape index (κ2) is 9.37. The van der Waals surface area contributed by atoms with Crippen LogP contribution in [-0.2, 0) is 6.54 Å². The van der Waals surface area contributed by atoms with E-state index in [2.05, 4.69) is 53.8 Å². The third-order valence-electron chi connectivity index (χ3n) is 4.62. The van der Waals surface area contributed by atoms with Crippen LogP contribution in [0.5, 0.6) is 0 Å². The Balaban J connectivity index is 1.81. The van der Waals surface area contributed by atoms with Gasteiger partial charge in [-0.05, 0) is 30.9 Å². The van der Waals surface area contributed by atoms with Crippen molar-refractivity contribution in [2.45, 2.75) is 45.6 Å². The first-order valence-electron chi connectivity index (χ1n) is 9.79. The maximum absolute atomic E-state index is 5.57. The fraction of sp³-hybridized carbons (Fsp3) is 0.429. The zero-order chi connectivity index (χ0) is 19.1. The number of rotatable bonds is 10. The highest BCUT2D eigenvalue weighted by Gasteiger charge is 2.13. The predicted octanol–water partition coefficient (Wildman–Crippen LogP) is 4.01. The molecule has 144 valence electrons. The lowest BCUT2D eigenvalue weighted by Gasteiger charge is -2.13. The molecule has 27 heavy (non-hydrogen) atoms. The second-order valence-electron chi connectivity index (χ2n) is 7.13. The van der Waals surface area contributed by atoms with Gasteiger partial charge in [-0.1, -0.05) is 50.6 Å². The number of hydrogen-bond acceptors (Lipinski definition) is 5. The van der Waals surface area contributed by atoms with Crippen LogP contribution >= 0.6 is 0 Å². The van der Waals surface area contributed by atoms with E-state index in [9.17, 15) is 0 Å². The number of fused-ring (bicyclic) bond motifs is 1. The minimum atomic E-state index is 0.372. The van der Waals surface area contributed by atoms with Gasteiger partial charge in [0.05, 0.1) is 6.20 Å². The molecule has 3 rings (SSSR count). The summed E-state index contributed by atoms with van der Waals surface area (Å²) in [5.74, 6) is 2.20. The molecule has 6 nitrogen and oxygen atoms in total. The van der Waals surface area contributed by atoms with Gasteiger partial charge in [-0.3, -0.25) is 0 Å². The van der Waals surface area contributed by atoms with Crippen molar-refractivity contribution in [3.8, 4) is 0 Å². The molecule has 0 bridgehead atoms. The fourth-order valence-electron chi connectivity index (χ4n) is 3.05. The summed E-state index contributed by atoms with van der Waals surface area (Å²) in [5.41, 5.74) is 8.87. The predicted molar refractivity (Wildman–Crippen MR) is 112 cm³/mol. The Morgan fingerprint density at radius 3 is 2.63 bits per heavy atom. The van der Waals surface area contributed by atoms with E-state index >= 15 is 0 Å². The summed E-state index contributed by atoms with van der Waals surface area (Å²) < 4.78 is 1.90. The van der Waals surface area contributed by atoms with Crippen LogP contribution in [-0.4, -0.2) is 27.7 Å². The number of nitrogens with two attached hydrogens (primary N) is 1. The topological polar surface area (TPSA) is 80.3 Å². The highest BCUT2D eigenvalue weighted by atomic mass is 15.3. The van der Waals surface area contributed by atoms with E-state index in [1.54, 1.807) is 0 Å². The van der Waals surface area contributed by atoms with Crippen molar-refractivity contribution in [1.29, 1.82) is 0 Å². The van der Waals surface area contributed by atoms with Crippen LogP contribution in [0.15, 0.2) is 42.6 Å². The molecule has 0 radical (unpaired) electrons. The molecule has 0 aliphatic heterocycles. The number of nitrogens with one attached hydrogen (secondary N) is 2. The second-order valence-corrected chi connectivity index (χ2v) is 7.13. The molecule has 3 aromatic rings. The highest BCUT2D eigenvalue weighted by molar-refractivity contribution is 5.61. The van der Waals surface area contributed by atoms with E-state index < -0.39 is 0 Å². The normalized spacial score (nSPS) is 11.3. The molecule has 0 saturated carbocycles. The smallest absolute Gasteiger partial charge is 0.163 e. The third-order valence-corrected chi connectivity index (χ3v) is 4.62. The average molecular weight is 367 g/mol. The molecule has 2 aromatic heterocycles. The van der Waals surface area contributed by atoms with E-state index in [0.717, 1.165) is 61.7 Å². The number of aromatic nitrogens is 3. The molecular formula is C21H30N6. The standard InChI is InChI=1S/C21H30N6/c1-16(2)18-15-25-27-20(24-14-17-9-5-3-6-10-17)13-19(26-21(18)27)23-12-8-4-7-11-22/h3,5-6,9-10,13,15-16,24H,4,7-8,11-12,14,22H2,1-2H3,(H,23,26). The molecule has 1 aromatic carbocycles. The first-order valence-corrected chi connectivity index (χ1v) is 9.79. The number of benzene rings is 1. The highest BCUT2D eigenvalue weighted by Crippen LogP contribution is 2.24. The van der Waals surface area contributed by atoms with Crippen molar-refractivity contribution in [2.75, 3.05) is 23.7 Å². The lowest BCUT2D eigenvalue weighted by Crippen LogP contribution is -2.10.